The van der Waals surface area contributed by atoms with Crippen LogP contribution in [0.25, 0.3) is 11.1 Å². The summed E-state index contributed by atoms with van der Waals surface area (Å²) in [6, 6.07) is 3.52. The number of ether oxygens (including phenoxy) is 1. The molecule has 2 atom stereocenters. The van der Waals surface area contributed by atoms with E-state index in [0.29, 0.717) is 15.6 Å². The van der Waals surface area contributed by atoms with Crippen molar-refractivity contribution in [3.63, 3.8) is 0 Å². The minimum Gasteiger partial charge on any atom is -0.453 e. The first-order valence-electron chi connectivity index (χ1n) is 6.76. The fourth-order valence-electron chi connectivity index (χ4n) is 2.60. The Labute approximate surface area is 138 Å². The molecule has 1 aliphatic heterocycles. The molecule has 6 heteroatoms. The van der Waals surface area contributed by atoms with Gasteiger partial charge in [-0.2, -0.15) is 5.10 Å². The highest BCUT2D eigenvalue weighted by atomic mass is 35.5. The van der Waals surface area contributed by atoms with Crippen LogP contribution in [0.15, 0.2) is 36.7 Å². The zero-order chi connectivity index (χ0) is 16.0. The van der Waals surface area contributed by atoms with Crippen LogP contribution >= 0.6 is 23.2 Å². The molecule has 2 unspecified atom stereocenters. The maximum absolute atomic E-state index is 11.8. The molecule has 0 bridgehead atoms. The molecule has 1 aromatic carbocycles. The van der Waals surface area contributed by atoms with E-state index >= 15 is 0 Å². The summed E-state index contributed by atoms with van der Waals surface area (Å²) < 4.78 is 7.17. The van der Waals surface area contributed by atoms with Gasteiger partial charge in [0.15, 0.2) is 0 Å². The molecule has 1 saturated heterocycles. The maximum Gasteiger partial charge on any atom is 0.334 e. The molecule has 2 heterocycles. The molecule has 0 spiro atoms. The van der Waals surface area contributed by atoms with Gasteiger partial charge in [0.25, 0.3) is 0 Å². The quantitative estimate of drug-likeness (QED) is 0.610. The third-order valence-corrected chi connectivity index (χ3v) is 4.64. The zero-order valence-electron chi connectivity index (χ0n) is 12.1. The number of aryl methyl sites for hydroxylation is 1. The Morgan fingerprint density at radius 1 is 1.32 bits per heavy atom. The second kappa shape index (κ2) is 5.45. The average Bonchev–Trinajstić information content (AvgIpc) is 3.01. The second-order valence-electron chi connectivity index (χ2n) is 5.40. The SMILES string of the molecule is C=C1C(=O)OC(c2cc(Cl)c(Cl)cc2-c2cnn(C)c2)C1C. The van der Waals surface area contributed by atoms with Gasteiger partial charge >= 0.3 is 5.97 Å². The number of rotatable bonds is 2. The third-order valence-electron chi connectivity index (χ3n) is 3.91. The van der Waals surface area contributed by atoms with Gasteiger partial charge in [-0.1, -0.05) is 36.7 Å². The van der Waals surface area contributed by atoms with E-state index in [1.165, 1.54) is 0 Å². The van der Waals surface area contributed by atoms with Gasteiger partial charge in [-0.15, -0.1) is 0 Å². The van der Waals surface area contributed by atoms with Gasteiger partial charge in [0.2, 0.25) is 0 Å². The molecule has 0 radical (unpaired) electrons. The molecular weight excluding hydrogens is 323 g/mol. The summed E-state index contributed by atoms with van der Waals surface area (Å²) in [6.45, 7) is 5.70. The Morgan fingerprint density at radius 3 is 2.55 bits per heavy atom. The van der Waals surface area contributed by atoms with Crippen LogP contribution in [0.3, 0.4) is 0 Å². The van der Waals surface area contributed by atoms with Crippen molar-refractivity contribution in [2.24, 2.45) is 13.0 Å². The van der Waals surface area contributed by atoms with Gasteiger partial charge in [-0.25, -0.2) is 4.79 Å². The van der Waals surface area contributed by atoms with E-state index < -0.39 is 6.10 Å². The lowest BCUT2D eigenvalue weighted by Crippen LogP contribution is -2.06. The van der Waals surface area contributed by atoms with Crippen LogP contribution in [0.5, 0.6) is 0 Å². The van der Waals surface area contributed by atoms with Crippen LogP contribution < -0.4 is 0 Å². The number of aromatic nitrogens is 2. The van der Waals surface area contributed by atoms with Crippen molar-refractivity contribution in [1.29, 1.82) is 0 Å². The molecule has 1 aromatic heterocycles. The molecule has 1 aliphatic rings. The van der Waals surface area contributed by atoms with Crippen molar-refractivity contribution in [2.75, 3.05) is 0 Å². The van der Waals surface area contributed by atoms with E-state index in [-0.39, 0.29) is 11.9 Å². The molecule has 0 aliphatic carbocycles. The number of benzene rings is 1. The largest absolute Gasteiger partial charge is 0.453 e. The Bertz CT molecular complexity index is 782. The fourth-order valence-corrected chi connectivity index (χ4v) is 2.94. The van der Waals surface area contributed by atoms with E-state index in [1.54, 1.807) is 23.0 Å². The highest BCUT2D eigenvalue weighted by Gasteiger charge is 2.38. The van der Waals surface area contributed by atoms with Crippen LogP contribution in [0.1, 0.15) is 18.6 Å². The Morgan fingerprint density at radius 2 is 2.00 bits per heavy atom. The molecule has 0 N–H and O–H groups in total. The predicted octanol–water partition coefficient (Wildman–Crippen LogP) is 4.18. The first-order valence-corrected chi connectivity index (χ1v) is 7.52. The monoisotopic (exact) mass is 336 g/mol. The van der Waals surface area contributed by atoms with Gasteiger partial charge in [0.1, 0.15) is 6.10 Å². The summed E-state index contributed by atoms with van der Waals surface area (Å²) in [5.41, 5.74) is 3.01. The van der Waals surface area contributed by atoms with Gasteiger partial charge < -0.3 is 4.74 Å². The molecule has 22 heavy (non-hydrogen) atoms. The molecule has 0 saturated carbocycles. The molecule has 1 fully saturated rings. The number of halogens is 2. The lowest BCUT2D eigenvalue weighted by atomic mass is 9.89. The molecule has 0 amide bonds. The van der Waals surface area contributed by atoms with E-state index in [1.807, 2.05) is 20.2 Å². The van der Waals surface area contributed by atoms with E-state index in [0.717, 1.165) is 16.7 Å². The number of cyclic esters (lactones) is 1. The molecule has 114 valence electrons. The first-order chi connectivity index (χ1) is 10.4. The molecule has 3 rings (SSSR count). The average molecular weight is 337 g/mol. The van der Waals surface area contributed by atoms with Crippen LogP contribution in [-0.4, -0.2) is 15.7 Å². The van der Waals surface area contributed by atoms with Gasteiger partial charge in [0, 0.05) is 35.9 Å². The van der Waals surface area contributed by atoms with Crippen LogP contribution in [0.4, 0.5) is 0 Å². The third kappa shape index (κ3) is 2.42. The fraction of sp³-hybridized carbons (Fsp3) is 0.250. The van der Waals surface area contributed by atoms with Crippen molar-refractivity contribution < 1.29 is 9.53 Å². The number of hydrogen-bond donors (Lipinski definition) is 0. The Kier molecular flexibility index (Phi) is 3.75. The molecular formula is C16H14Cl2N2O2. The van der Waals surface area contributed by atoms with Crippen molar-refractivity contribution >= 4 is 29.2 Å². The molecule has 4 nitrogen and oxygen atoms in total. The van der Waals surface area contributed by atoms with Crippen LogP contribution in [0, 0.1) is 5.92 Å². The van der Waals surface area contributed by atoms with E-state index in [4.69, 9.17) is 27.9 Å². The van der Waals surface area contributed by atoms with Crippen LogP contribution in [0.2, 0.25) is 10.0 Å². The van der Waals surface area contributed by atoms with E-state index in [2.05, 4.69) is 11.7 Å². The number of esters is 1. The minimum atomic E-state index is -0.426. The number of hydrogen-bond acceptors (Lipinski definition) is 3. The van der Waals surface area contributed by atoms with Crippen molar-refractivity contribution in [3.8, 4) is 11.1 Å². The smallest absolute Gasteiger partial charge is 0.334 e. The normalized spacial score (nSPS) is 21.3. The lowest BCUT2D eigenvalue weighted by Gasteiger charge is -2.18. The summed E-state index contributed by atoms with van der Waals surface area (Å²) in [5.74, 6) is -0.499. The zero-order valence-corrected chi connectivity index (χ0v) is 13.6. The number of nitrogens with zero attached hydrogens (tertiary/aromatic N) is 2. The van der Waals surface area contributed by atoms with Crippen molar-refractivity contribution in [3.05, 3.63) is 52.3 Å². The van der Waals surface area contributed by atoms with Gasteiger partial charge in [0.05, 0.1) is 16.2 Å². The first kappa shape index (κ1) is 15.1. The molecule has 2 aromatic rings. The Balaban J connectivity index is 2.16. The number of carbonyl (C=O) groups is 1. The number of carbonyl (C=O) groups excluding carboxylic acids is 1. The highest BCUT2D eigenvalue weighted by Crippen LogP contribution is 2.44. The van der Waals surface area contributed by atoms with Crippen molar-refractivity contribution in [2.45, 2.75) is 13.0 Å². The predicted molar refractivity (Wildman–Crippen MR) is 85.8 cm³/mol. The minimum absolute atomic E-state index is 0.125. The second-order valence-corrected chi connectivity index (χ2v) is 6.21. The van der Waals surface area contributed by atoms with Crippen LogP contribution in [-0.2, 0) is 16.6 Å². The standard InChI is InChI=1S/C16H14Cl2N2O2/c1-8-9(2)16(21)22-15(8)12-5-14(18)13(17)4-11(12)10-6-19-20(3)7-10/h4-8,15H,2H2,1,3H3. The van der Waals surface area contributed by atoms with E-state index in [9.17, 15) is 4.79 Å². The summed E-state index contributed by atoms with van der Waals surface area (Å²) in [4.78, 5) is 11.8. The summed E-state index contributed by atoms with van der Waals surface area (Å²) >= 11 is 12.3. The summed E-state index contributed by atoms with van der Waals surface area (Å²) in [6.07, 6.45) is 3.18. The lowest BCUT2D eigenvalue weighted by molar-refractivity contribution is -0.139. The Hall–Kier alpha value is -1.78. The summed E-state index contributed by atoms with van der Waals surface area (Å²) in [5, 5.41) is 5.04. The highest BCUT2D eigenvalue weighted by molar-refractivity contribution is 6.42. The topological polar surface area (TPSA) is 44.1 Å². The summed E-state index contributed by atoms with van der Waals surface area (Å²) in [7, 11) is 1.83. The van der Waals surface area contributed by atoms with Crippen molar-refractivity contribution in [1.82, 2.24) is 9.78 Å². The maximum atomic E-state index is 11.8. The van der Waals surface area contributed by atoms with Gasteiger partial charge in [-0.3, -0.25) is 4.68 Å². The van der Waals surface area contributed by atoms with Gasteiger partial charge in [-0.05, 0) is 17.7 Å².